The topological polar surface area (TPSA) is 107 Å². The third-order valence-corrected chi connectivity index (χ3v) is 3.88. The molecule has 0 amide bonds. The molecule has 1 aromatic carbocycles. The summed E-state index contributed by atoms with van der Waals surface area (Å²) in [5.74, 6) is 0.406. The Hall–Kier alpha value is -1.15. The Balaban J connectivity index is 0.000000505. The predicted octanol–water partition coefficient (Wildman–Crippen LogP) is 4.10. The minimum absolute atomic E-state index is 0.153. The molecule has 7 heteroatoms. The molecule has 1 heterocycles. The van der Waals surface area contributed by atoms with Crippen LogP contribution in [-0.2, 0) is 21.6 Å². The van der Waals surface area contributed by atoms with Crippen LogP contribution in [0, 0.1) is 0 Å². The number of ether oxygens (including phenoxy) is 1. The maximum absolute atomic E-state index is 9.92. The van der Waals surface area contributed by atoms with Crippen LogP contribution >= 0.6 is 0 Å². The summed E-state index contributed by atoms with van der Waals surface area (Å²) in [6, 6.07) is 5.84. The monoisotopic (exact) mass is 360 g/mol. The van der Waals surface area contributed by atoms with Gasteiger partial charge in [-0.2, -0.15) is 8.42 Å². The molecule has 1 aliphatic rings. The average molecular weight is 360 g/mol. The summed E-state index contributed by atoms with van der Waals surface area (Å²) in [5.41, 5.74) is 2.31. The number of hydrogen-bond acceptors (Lipinski definition) is 4. The van der Waals surface area contributed by atoms with Crippen molar-refractivity contribution in [3.05, 3.63) is 29.3 Å². The number of phenolic OH excluding ortho intramolecular Hbond substituents is 1. The smallest absolute Gasteiger partial charge is 0.394 e. The van der Waals surface area contributed by atoms with E-state index < -0.39 is 10.4 Å². The Morgan fingerprint density at radius 3 is 2.17 bits per heavy atom. The van der Waals surface area contributed by atoms with Gasteiger partial charge >= 0.3 is 10.4 Å². The highest BCUT2D eigenvalue weighted by Crippen LogP contribution is 2.38. The Labute approximate surface area is 144 Å². The van der Waals surface area contributed by atoms with Gasteiger partial charge in [0.2, 0.25) is 0 Å². The van der Waals surface area contributed by atoms with Crippen molar-refractivity contribution in [1.82, 2.24) is 0 Å². The minimum atomic E-state index is -4.67. The summed E-state index contributed by atoms with van der Waals surface area (Å²) in [6.07, 6.45) is 10.5. The van der Waals surface area contributed by atoms with E-state index in [0.29, 0.717) is 5.75 Å². The molecule has 138 valence electrons. The van der Waals surface area contributed by atoms with E-state index in [1.165, 1.54) is 50.5 Å². The van der Waals surface area contributed by atoms with Gasteiger partial charge in [0.25, 0.3) is 0 Å². The van der Waals surface area contributed by atoms with E-state index in [-0.39, 0.29) is 6.10 Å². The molecular weight excluding hydrogens is 332 g/mol. The van der Waals surface area contributed by atoms with Crippen molar-refractivity contribution in [1.29, 1.82) is 0 Å². The summed E-state index contributed by atoms with van der Waals surface area (Å²) in [4.78, 5) is 0. The van der Waals surface area contributed by atoms with Crippen LogP contribution < -0.4 is 0 Å². The molecule has 0 bridgehead atoms. The fourth-order valence-electron chi connectivity index (χ4n) is 2.68. The third-order valence-electron chi connectivity index (χ3n) is 3.88. The first-order valence-electron chi connectivity index (χ1n) is 8.45. The van der Waals surface area contributed by atoms with Gasteiger partial charge in [0, 0.05) is 5.56 Å². The summed E-state index contributed by atoms with van der Waals surface area (Å²) in [6.45, 7) is 3.02. The van der Waals surface area contributed by atoms with E-state index in [0.717, 1.165) is 18.6 Å². The van der Waals surface area contributed by atoms with Crippen LogP contribution in [0.3, 0.4) is 0 Å². The number of aromatic hydroxyl groups is 1. The summed E-state index contributed by atoms with van der Waals surface area (Å²) >= 11 is 0. The van der Waals surface area contributed by atoms with E-state index >= 15 is 0 Å². The number of aryl methyl sites for hydroxylation is 1. The maximum atomic E-state index is 9.92. The van der Waals surface area contributed by atoms with Crippen molar-refractivity contribution in [2.45, 2.75) is 64.4 Å². The fourth-order valence-corrected chi connectivity index (χ4v) is 2.68. The molecule has 1 unspecified atom stereocenters. The van der Waals surface area contributed by atoms with Crippen LogP contribution in [-0.4, -0.2) is 29.2 Å². The SMILES string of the molecule is CCCCCCCCCc1cccc(O)c1C1CO1.O=S(=O)(O)O. The molecule has 1 aliphatic heterocycles. The van der Waals surface area contributed by atoms with E-state index in [1.54, 1.807) is 6.07 Å². The van der Waals surface area contributed by atoms with Crippen molar-refractivity contribution in [3.63, 3.8) is 0 Å². The zero-order valence-electron chi connectivity index (χ0n) is 14.1. The summed E-state index contributed by atoms with van der Waals surface area (Å²) in [5, 5.41) is 9.92. The van der Waals surface area contributed by atoms with Crippen LogP contribution in [0.15, 0.2) is 18.2 Å². The number of rotatable bonds is 9. The molecular formula is C17H28O6S. The number of epoxide rings is 1. The molecule has 0 saturated carbocycles. The van der Waals surface area contributed by atoms with Gasteiger partial charge in [-0.15, -0.1) is 0 Å². The van der Waals surface area contributed by atoms with Gasteiger partial charge in [0.1, 0.15) is 11.9 Å². The number of hydrogen-bond donors (Lipinski definition) is 3. The minimum Gasteiger partial charge on any atom is -0.508 e. The number of benzene rings is 1. The molecule has 6 nitrogen and oxygen atoms in total. The number of phenols is 1. The Kier molecular flexibility index (Phi) is 9.28. The van der Waals surface area contributed by atoms with Crippen LogP contribution in [0.4, 0.5) is 0 Å². The van der Waals surface area contributed by atoms with Gasteiger partial charge in [-0.3, -0.25) is 9.11 Å². The van der Waals surface area contributed by atoms with Gasteiger partial charge < -0.3 is 9.84 Å². The second-order valence-electron chi connectivity index (χ2n) is 5.99. The van der Waals surface area contributed by atoms with Crippen molar-refractivity contribution < 1.29 is 27.4 Å². The second kappa shape index (κ2) is 10.7. The highest BCUT2D eigenvalue weighted by molar-refractivity contribution is 7.79. The van der Waals surface area contributed by atoms with Crippen LogP contribution in [0.25, 0.3) is 0 Å². The van der Waals surface area contributed by atoms with E-state index in [2.05, 4.69) is 13.0 Å². The standard InChI is InChI=1S/C17H26O2.H2O4S/c1-2-3-4-5-6-7-8-10-14-11-9-12-15(18)17(14)16-13-19-16;1-5(2,3)4/h9,11-12,16,18H,2-8,10,13H2,1H3;(H2,1,2,3,4). The molecule has 1 aromatic rings. The third kappa shape index (κ3) is 9.87. The van der Waals surface area contributed by atoms with Crippen molar-refractivity contribution >= 4 is 10.4 Å². The van der Waals surface area contributed by atoms with Crippen molar-refractivity contribution in [3.8, 4) is 5.75 Å². The summed E-state index contributed by atoms with van der Waals surface area (Å²) < 4.78 is 36.9. The Bertz CT molecular complexity index is 573. The van der Waals surface area contributed by atoms with Gasteiger partial charge in [-0.25, -0.2) is 0 Å². The van der Waals surface area contributed by atoms with Crippen LogP contribution in [0.2, 0.25) is 0 Å². The predicted molar refractivity (Wildman–Crippen MR) is 92.7 cm³/mol. The molecule has 2 rings (SSSR count). The lowest BCUT2D eigenvalue weighted by molar-refractivity contribution is 0.381. The quantitative estimate of drug-likeness (QED) is 0.347. The molecule has 0 radical (unpaired) electrons. The Morgan fingerprint density at radius 2 is 1.62 bits per heavy atom. The lowest BCUT2D eigenvalue weighted by Crippen LogP contribution is -1.94. The van der Waals surface area contributed by atoms with Gasteiger partial charge in [0.05, 0.1) is 6.61 Å². The van der Waals surface area contributed by atoms with Crippen LogP contribution in [0.1, 0.15) is 69.1 Å². The zero-order chi connectivity index (χ0) is 18.0. The van der Waals surface area contributed by atoms with E-state index in [1.807, 2.05) is 6.07 Å². The molecule has 0 aliphatic carbocycles. The molecule has 0 spiro atoms. The van der Waals surface area contributed by atoms with Gasteiger partial charge in [0.15, 0.2) is 0 Å². The highest BCUT2D eigenvalue weighted by Gasteiger charge is 2.29. The van der Waals surface area contributed by atoms with Crippen LogP contribution in [0.5, 0.6) is 5.75 Å². The normalized spacial score (nSPS) is 16.4. The largest absolute Gasteiger partial charge is 0.508 e. The molecule has 24 heavy (non-hydrogen) atoms. The van der Waals surface area contributed by atoms with Gasteiger partial charge in [-0.05, 0) is 24.5 Å². The van der Waals surface area contributed by atoms with Crippen molar-refractivity contribution in [2.75, 3.05) is 6.61 Å². The average Bonchev–Trinajstić information content (AvgIpc) is 3.29. The lowest BCUT2D eigenvalue weighted by atomic mass is 9.98. The number of unbranched alkanes of at least 4 members (excludes halogenated alkanes) is 6. The summed E-state index contributed by atoms with van der Waals surface area (Å²) in [7, 11) is -4.67. The maximum Gasteiger partial charge on any atom is 0.394 e. The lowest BCUT2D eigenvalue weighted by Gasteiger charge is -2.09. The fraction of sp³-hybridized carbons (Fsp3) is 0.647. The van der Waals surface area contributed by atoms with Gasteiger partial charge in [-0.1, -0.05) is 57.6 Å². The highest BCUT2D eigenvalue weighted by atomic mass is 32.3. The van der Waals surface area contributed by atoms with E-state index in [4.69, 9.17) is 22.3 Å². The molecule has 0 aromatic heterocycles. The molecule has 1 fully saturated rings. The molecule has 1 saturated heterocycles. The second-order valence-corrected chi connectivity index (χ2v) is 6.89. The first-order valence-corrected chi connectivity index (χ1v) is 9.85. The van der Waals surface area contributed by atoms with E-state index in [9.17, 15) is 5.11 Å². The Morgan fingerprint density at radius 1 is 1.08 bits per heavy atom. The molecule has 1 atom stereocenters. The molecule has 3 N–H and O–H groups in total. The van der Waals surface area contributed by atoms with Crippen molar-refractivity contribution in [2.24, 2.45) is 0 Å². The first-order chi connectivity index (χ1) is 11.3. The first kappa shape index (κ1) is 20.9. The zero-order valence-corrected chi connectivity index (χ0v) is 15.0.